The SMILES string of the molecule is CCC(C)(C)N(C)C(=O)CN. The summed E-state index contributed by atoms with van der Waals surface area (Å²) in [5.41, 5.74) is 5.16. The van der Waals surface area contributed by atoms with Crippen molar-refractivity contribution in [1.82, 2.24) is 4.90 Å². The van der Waals surface area contributed by atoms with Crippen LogP contribution in [0.5, 0.6) is 0 Å². The zero-order valence-electron chi connectivity index (χ0n) is 7.85. The minimum absolute atomic E-state index is 0.00292. The average Bonchev–Trinajstić information content (AvgIpc) is 2.01. The lowest BCUT2D eigenvalue weighted by molar-refractivity contribution is -0.133. The molecule has 0 fully saturated rings. The van der Waals surface area contributed by atoms with Crippen molar-refractivity contribution in [2.24, 2.45) is 5.73 Å². The molecule has 0 aromatic rings. The van der Waals surface area contributed by atoms with Gasteiger partial charge in [-0.3, -0.25) is 4.79 Å². The highest BCUT2D eigenvalue weighted by molar-refractivity contribution is 5.78. The molecule has 0 aliphatic rings. The molecule has 0 spiro atoms. The first-order valence-corrected chi connectivity index (χ1v) is 3.92. The molecule has 0 aliphatic heterocycles. The smallest absolute Gasteiger partial charge is 0.236 e. The van der Waals surface area contributed by atoms with Crippen molar-refractivity contribution < 1.29 is 4.79 Å². The molecule has 0 saturated carbocycles. The third kappa shape index (κ3) is 2.50. The van der Waals surface area contributed by atoms with E-state index in [4.69, 9.17) is 5.73 Å². The van der Waals surface area contributed by atoms with E-state index in [1.165, 1.54) is 0 Å². The Kier molecular flexibility index (Phi) is 3.52. The fraction of sp³-hybridized carbons (Fsp3) is 0.875. The number of nitrogens with zero attached hydrogens (tertiary/aromatic N) is 1. The van der Waals surface area contributed by atoms with E-state index in [1.54, 1.807) is 11.9 Å². The van der Waals surface area contributed by atoms with Crippen molar-refractivity contribution >= 4 is 5.91 Å². The molecule has 1 amide bonds. The fourth-order valence-electron chi connectivity index (χ4n) is 0.712. The van der Waals surface area contributed by atoms with E-state index >= 15 is 0 Å². The van der Waals surface area contributed by atoms with E-state index in [1.807, 2.05) is 13.8 Å². The molecule has 11 heavy (non-hydrogen) atoms. The quantitative estimate of drug-likeness (QED) is 0.653. The maximum absolute atomic E-state index is 11.1. The highest BCUT2D eigenvalue weighted by Gasteiger charge is 2.24. The normalized spacial score (nSPS) is 11.4. The Labute approximate surface area is 68.6 Å². The van der Waals surface area contributed by atoms with Crippen LogP contribution < -0.4 is 5.73 Å². The number of nitrogens with two attached hydrogens (primary N) is 1. The predicted octanol–water partition coefficient (Wildman–Crippen LogP) is 0.592. The van der Waals surface area contributed by atoms with Crippen LogP contribution in [0.1, 0.15) is 27.2 Å². The Morgan fingerprint density at radius 2 is 2.00 bits per heavy atom. The molecule has 0 rings (SSSR count). The van der Waals surface area contributed by atoms with Gasteiger partial charge in [-0.1, -0.05) is 6.92 Å². The maximum Gasteiger partial charge on any atom is 0.236 e. The lowest BCUT2D eigenvalue weighted by atomic mass is 10.00. The standard InChI is InChI=1S/C8H18N2O/c1-5-8(2,3)10(4)7(11)6-9/h5-6,9H2,1-4H3. The van der Waals surface area contributed by atoms with Crippen LogP contribution in [0.25, 0.3) is 0 Å². The van der Waals surface area contributed by atoms with E-state index in [-0.39, 0.29) is 18.0 Å². The fourth-order valence-corrected chi connectivity index (χ4v) is 0.712. The summed E-state index contributed by atoms with van der Waals surface area (Å²) in [6.45, 7) is 6.21. The lowest BCUT2D eigenvalue weighted by Crippen LogP contribution is -2.46. The Hall–Kier alpha value is -0.570. The van der Waals surface area contributed by atoms with Gasteiger partial charge in [-0.15, -0.1) is 0 Å². The van der Waals surface area contributed by atoms with Crippen molar-refractivity contribution in [3.05, 3.63) is 0 Å². The van der Waals surface area contributed by atoms with Crippen molar-refractivity contribution in [3.63, 3.8) is 0 Å². The molecular weight excluding hydrogens is 140 g/mol. The number of carbonyl (C=O) groups excluding carboxylic acids is 1. The topological polar surface area (TPSA) is 46.3 Å². The molecule has 3 nitrogen and oxygen atoms in total. The van der Waals surface area contributed by atoms with E-state index < -0.39 is 0 Å². The summed E-state index contributed by atoms with van der Waals surface area (Å²) in [5, 5.41) is 0. The van der Waals surface area contributed by atoms with Crippen LogP contribution in [0.3, 0.4) is 0 Å². The van der Waals surface area contributed by atoms with Crippen molar-refractivity contribution in [2.75, 3.05) is 13.6 Å². The molecule has 0 bridgehead atoms. The summed E-state index contributed by atoms with van der Waals surface area (Å²) in [5.74, 6) is -0.00292. The second kappa shape index (κ2) is 3.72. The predicted molar refractivity (Wildman–Crippen MR) is 46.2 cm³/mol. The van der Waals surface area contributed by atoms with Gasteiger partial charge in [0.25, 0.3) is 0 Å². The molecule has 0 radical (unpaired) electrons. The highest BCUT2D eigenvalue weighted by atomic mass is 16.2. The molecule has 0 aliphatic carbocycles. The summed E-state index contributed by atoms with van der Waals surface area (Å²) < 4.78 is 0. The van der Waals surface area contributed by atoms with Gasteiger partial charge in [-0.2, -0.15) is 0 Å². The van der Waals surface area contributed by atoms with Crippen LogP contribution in [0.2, 0.25) is 0 Å². The molecule has 0 heterocycles. The first kappa shape index (κ1) is 10.4. The molecule has 3 heteroatoms. The summed E-state index contributed by atoms with van der Waals surface area (Å²) in [6.07, 6.45) is 0.940. The Balaban J connectivity index is 4.22. The number of carbonyl (C=O) groups is 1. The molecule has 0 aromatic carbocycles. The number of hydrogen-bond acceptors (Lipinski definition) is 2. The first-order valence-electron chi connectivity index (χ1n) is 3.92. The van der Waals surface area contributed by atoms with Crippen LogP contribution >= 0.6 is 0 Å². The minimum Gasteiger partial charge on any atom is -0.340 e. The van der Waals surface area contributed by atoms with Crippen molar-refractivity contribution in [2.45, 2.75) is 32.7 Å². The van der Waals surface area contributed by atoms with E-state index in [0.29, 0.717) is 0 Å². The molecule has 0 aromatic heterocycles. The molecule has 0 unspecified atom stereocenters. The lowest BCUT2D eigenvalue weighted by Gasteiger charge is -2.34. The van der Waals surface area contributed by atoms with Gasteiger partial charge in [-0.25, -0.2) is 0 Å². The second-order valence-corrected chi connectivity index (χ2v) is 3.32. The molecule has 66 valence electrons. The monoisotopic (exact) mass is 158 g/mol. The third-order valence-corrected chi connectivity index (χ3v) is 2.32. The zero-order chi connectivity index (χ0) is 9.07. The van der Waals surface area contributed by atoms with Gasteiger partial charge in [0.05, 0.1) is 6.54 Å². The van der Waals surface area contributed by atoms with Crippen LogP contribution in [0.4, 0.5) is 0 Å². The van der Waals surface area contributed by atoms with Gasteiger partial charge < -0.3 is 10.6 Å². The Bertz CT molecular complexity index is 143. The van der Waals surface area contributed by atoms with Gasteiger partial charge in [-0.05, 0) is 20.3 Å². The van der Waals surface area contributed by atoms with Crippen LogP contribution in [0.15, 0.2) is 0 Å². The van der Waals surface area contributed by atoms with Crippen molar-refractivity contribution in [3.8, 4) is 0 Å². The van der Waals surface area contributed by atoms with E-state index in [2.05, 4.69) is 6.92 Å². The maximum atomic E-state index is 11.1. The number of likely N-dealkylation sites (N-methyl/N-ethyl adjacent to an activating group) is 1. The molecular formula is C8H18N2O. The van der Waals surface area contributed by atoms with Crippen LogP contribution in [0, 0.1) is 0 Å². The first-order chi connectivity index (χ1) is 4.95. The van der Waals surface area contributed by atoms with E-state index in [0.717, 1.165) is 6.42 Å². The Morgan fingerprint density at radius 3 is 2.27 bits per heavy atom. The van der Waals surface area contributed by atoms with Crippen LogP contribution in [-0.4, -0.2) is 29.9 Å². The van der Waals surface area contributed by atoms with E-state index in [9.17, 15) is 4.79 Å². The molecule has 0 atom stereocenters. The number of rotatable bonds is 3. The van der Waals surface area contributed by atoms with Crippen LogP contribution in [-0.2, 0) is 4.79 Å². The largest absolute Gasteiger partial charge is 0.340 e. The summed E-state index contributed by atoms with van der Waals surface area (Å²) in [4.78, 5) is 12.8. The molecule has 2 N–H and O–H groups in total. The summed E-state index contributed by atoms with van der Waals surface area (Å²) in [7, 11) is 1.79. The Morgan fingerprint density at radius 1 is 1.55 bits per heavy atom. The average molecular weight is 158 g/mol. The number of hydrogen-bond donors (Lipinski definition) is 1. The summed E-state index contributed by atoms with van der Waals surface area (Å²) in [6, 6.07) is 0. The van der Waals surface area contributed by atoms with Gasteiger partial charge >= 0.3 is 0 Å². The molecule has 0 saturated heterocycles. The van der Waals surface area contributed by atoms with Crippen molar-refractivity contribution in [1.29, 1.82) is 0 Å². The highest BCUT2D eigenvalue weighted by Crippen LogP contribution is 2.15. The van der Waals surface area contributed by atoms with Gasteiger partial charge in [0, 0.05) is 12.6 Å². The zero-order valence-corrected chi connectivity index (χ0v) is 7.85. The van der Waals surface area contributed by atoms with Gasteiger partial charge in [0.15, 0.2) is 0 Å². The van der Waals surface area contributed by atoms with Gasteiger partial charge in [0.2, 0.25) is 5.91 Å². The second-order valence-electron chi connectivity index (χ2n) is 3.32. The summed E-state index contributed by atoms with van der Waals surface area (Å²) >= 11 is 0. The third-order valence-electron chi connectivity index (χ3n) is 2.32. The number of amides is 1. The van der Waals surface area contributed by atoms with Gasteiger partial charge in [0.1, 0.15) is 0 Å². The minimum atomic E-state index is -0.0730.